The first-order chi connectivity index (χ1) is 11.0. The fraction of sp³-hybridized carbons (Fsp3) is 0.278. The molecule has 0 aliphatic carbocycles. The lowest BCUT2D eigenvalue weighted by atomic mass is 9.98. The summed E-state index contributed by atoms with van der Waals surface area (Å²) in [5.41, 5.74) is 1.35. The molecule has 1 amide bonds. The van der Waals surface area contributed by atoms with E-state index in [0.29, 0.717) is 24.0 Å². The van der Waals surface area contributed by atoms with Crippen molar-refractivity contribution in [3.05, 3.63) is 58.6 Å². The zero-order valence-electron chi connectivity index (χ0n) is 12.6. The Bertz CT molecular complexity index is 732. The van der Waals surface area contributed by atoms with Crippen LogP contribution in [0.2, 0.25) is 5.02 Å². The number of hydrogen-bond donors (Lipinski definition) is 2. The standard InChI is InChI=1S/C18H18ClNO3/c19-14-4-5-16(17(22)10-14)18(23)20-7-6-13(11-20)8-12-2-1-3-15(21)9-12/h1-5,9-10,13,21-22H,6-8,11H2. The lowest BCUT2D eigenvalue weighted by molar-refractivity contribution is 0.0784. The highest BCUT2D eigenvalue weighted by molar-refractivity contribution is 6.30. The average molecular weight is 332 g/mol. The summed E-state index contributed by atoms with van der Waals surface area (Å²) in [4.78, 5) is 14.3. The summed E-state index contributed by atoms with van der Waals surface area (Å²) in [7, 11) is 0. The van der Waals surface area contributed by atoms with Gasteiger partial charge in [-0.3, -0.25) is 4.79 Å². The van der Waals surface area contributed by atoms with Gasteiger partial charge in [0.25, 0.3) is 5.91 Å². The number of benzene rings is 2. The van der Waals surface area contributed by atoms with Gasteiger partial charge in [0, 0.05) is 18.1 Å². The second kappa shape index (κ2) is 6.50. The van der Waals surface area contributed by atoms with E-state index in [0.717, 1.165) is 18.4 Å². The number of hydrogen-bond acceptors (Lipinski definition) is 3. The molecule has 2 aromatic carbocycles. The van der Waals surface area contributed by atoms with Gasteiger partial charge in [0.2, 0.25) is 0 Å². The molecule has 1 aliphatic rings. The topological polar surface area (TPSA) is 60.8 Å². The summed E-state index contributed by atoms with van der Waals surface area (Å²) >= 11 is 5.80. The van der Waals surface area contributed by atoms with Crippen molar-refractivity contribution in [3.8, 4) is 11.5 Å². The molecule has 0 spiro atoms. The Morgan fingerprint density at radius 3 is 2.78 bits per heavy atom. The third-order valence-corrected chi connectivity index (χ3v) is 4.43. The third-order valence-electron chi connectivity index (χ3n) is 4.20. The normalized spacial score (nSPS) is 17.4. The van der Waals surface area contributed by atoms with E-state index in [9.17, 15) is 15.0 Å². The van der Waals surface area contributed by atoms with E-state index < -0.39 is 0 Å². The molecule has 1 aliphatic heterocycles. The van der Waals surface area contributed by atoms with Crippen molar-refractivity contribution in [2.45, 2.75) is 12.8 Å². The van der Waals surface area contributed by atoms with Crippen molar-refractivity contribution in [1.29, 1.82) is 0 Å². The van der Waals surface area contributed by atoms with Crippen LogP contribution in [0.1, 0.15) is 22.3 Å². The maximum atomic E-state index is 12.5. The minimum atomic E-state index is -0.169. The van der Waals surface area contributed by atoms with Crippen LogP contribution in [-0.4, -0.2) is 34.1 Å². The summed E-state index contributed by atoms with van der Waals surface area (Å²) in [6.07, 6.45) is 1.74. The van der Waals surface area contributed by atoms with Crippen molar-refractivity contribution < 1.29 is 15.0 Å². The number of amides is 1. The number of phenolic OH excluding ortho intramolecular Hbond substituents is 2. The third kappa shape index (κ3) is 3.59. The Labute approximate surface area is 139 Å². The highest BCUT2D eigenvalue weighted by Gasteiger charge is 2.28. The van der Waals surface area contributed by atoms with Gasteiger partial charge in [-0.15, -0.1) is 0 Å². The second-order valence-corrected chi connectivity index (χ2v) is 6.38. The van der Waals surface area contributed by atoms with Crippen LogP contribution in [0.25, 0.3) is 0 Å². The minimum absolute atomic E-state index is 0.0843. The van der Waals surface area contributed by atoms with Gasteiger partial charge in [0.15, 0.2) is 0 Å². The molecule has 1 atom stereocenters. The molecule has 23 heavy (non-hydrogen) atoms. The van der Waals surface area contributed by atoms with Crippen molar-refractivity contribution in [3.63, 3.8) is 0 Å². The number of likely N-dealkylation sites (tertiary alicyclic amines) is 1. The summed E-state index contributed by atoms with van der Waals surface area (Å²) in [5.74, 6) is 0.367. The molecule has 1 fully saturated rings. The van der Waals surface area contributed by atoms with Gasteiger partial charge in [-0.25, -0.2) is 0 Å². The van der Waals surface area contributed by atoms with Crippen LogP contribution in [0.15, 0.2) is 42.5 Å². The van der Waals surface area contributed by atoms with Crippen molar-refractivity contribution in [1.82, 2.24) is 4.90 Å². The molecule has 1 heterocycles. The quantitative estimate of drug-likeness (QED) is 0.905. The Morgan fingerprint density at radius 2 is 2.04 bits per heavy atom. The first-order valence-corrected chi connectivity index (χ1v) is 7.96. The summed E-state index contributed by atoms with van der Waals surface area (Å²) in [6.45, 7) is 1.32. The molecule has 1 saturated heterocycles. The molecule has 0 saturated carbocycles. The van der Waals surface area contributed by atoms with E-state index in [4.69, 9.17) is 11.6 Å². The summed E-state index contributed by atoms with van der Waals surface area (Å²) in [6, 6.07) is 11.8. The number of phenols is 2. The monoisotopic (exact) mass is 331 g/mol. The number of nitrogens with zero attached hydrogens (tertiary/aromatic N) is 1. The molecule has 5 heteroatoms. The predicted octanol–water partition coefficient (Wildman–Crippen LogP) is 3.46. The van der Waals surface area contributed by atoms with E-state index in [1.807, 2.05) is 12.1 Å². The smallest absolute Gasteiger partial charge is 0.257 e. The number of carbonyl (C=O) groups excluding carboxylic acids is 1. The number of rotatable bonds is 3. The Kier molecular flexibility index (Phi) is 4.44. The molecule has 0 aromatic heterocycles. The van der Waals surface area contributed by atoms with E-state index in [1.165, 1.54) is 6.07 Å². The molecule has 4 nitrogen and oxygen atoms in total. The SMILES string of the molecule is O=C(c1ccc(Cl)cc1O)N1CCC(Cc2cccc(O)c2)C1. The van der Waals surface area contributed by atoms with Gasteiger partial charge in [-0.1, -0.05) is 23.7 Å². The van der Waals surface area contributed by atoms with Crippen LogP contribution in [0.5, 0.6) is 11.5 Å². The van der Waals surface area contributed by atoms with Gasteiger partial charge < -0.3 is 15.1 Å². The van der Waals surface area contributed by atoms with E-state index in [-0.39, 0.29) is 23.0 Å². The molecule has 2 N–H and O–H groups in total. The molecular weight excluding hydrogens is 314 g/mol. The fourth-order valence-corrected chi connectivity index (χ4v) is 3.22. The first kappa shape index (κ1) is 15.7. The Balaban J connectivity index is 1.66. The van der Waals surface area contributed by atoms with Crippen LogP contribution in [0, 0.1) is 5.92 Å². The highest BCUT2D eigenvalue weighted by Crippen LogP contribution is 2.27. The van der Waals surface area contributed by atoms with Gasteiger partial charge in [0.05, 0.1) is 5.56 Å². The van der Waals surface area contributed by atoms with Crippen LogP contribution in [-0.2, 0) is 6.42 Å². The summed E-state index contributed by atoms with van der Waals surface area (Å²) < 4.78 is 0. The Morgan fingerprint density at radius 1 is 1.22 bits per heavy atom. The molecule has 2 aromatic rings. The van der Waals surface area contributed by atoms with Crippen molar-refractivity contribution in [2.75, 3.05) is 13.1 Å². The fourth-order valence-electron chi connectivity index (χ4n) is 3.06. The second-order valence-electron chi connectivity index (χ2n) is 5.94. The predicted molar refractivity (Wildman–Crippen MR) is 88.9 cm³/mol. The molecular formula is C18H18ClNO3. The molecule has 1 unspecified atom stereocenters. The Hall–Kier alpha value is -2.20. The van der Waals surface area contributed by atoms with E-state index >= 15 is 0 Å². The van der Waals surface area contributed by atoms with E-state index in [2.05, 4.69) is 0 Å². The number of halogens is 1. The lowest BCUT2D eigenvalue weighted by Gasteiger charge is -2.17. The maximum absolute atomic E-state index is 12.5. The van der Waals surface area contributed by atoms with E-state index in [1.54, 1.807) is 29.2 Å². The van der Waals surface area contributed by atoms with Crippen LogP contribution < -0.4 is 0 Å². The minimum Gasteiger partial charge on any atom is -0.508 e. The van der Waals surface area contributed by atoms with Crippen molar-refractivity contribution >= 4 is 17.5 Å². The van der Waals surface area contributed by atoms with Gasteiger partial charge in [-0.05, 0) is 54.7 Å². The van der Waals surface area contributed by atoms with Crippen LogP contribution in [0.3, 0.4) is 0 Å². The zero-order chi connectivity index (χ0) is 16.4. The molecule has 0 radical (unpaired) electrons. The lowest BCUT2D eigenvalue weighted by Crippen LogP contribution is -2.29. The van der Waals surface area contributed by atoms with Crippen molar-refractivity contribution in [2.24, 2.45) is 5.92 Å². The first-order valence-electron chi connectivity index (χ1n) is 7.58. The largest absolute Gasteiger partial charge is 0.508 e. The maximum Gasteiger partial charge on any atom is 0.257 e. The number of aromatic hydroxyl groups is 2. The summed E-state index contributed by atoms with van der Waals surface area (Å²) in [5, 5.41) is 19.8. The van der Waals surface area contributed by atoms with Gasteiger partial charge in [-0.2, -0.15) is 0 Å². The van der Waals surface area contributed by atoms with Gasteiger partial charge >= 0.3 is 0 Å². The number of carbonyl (C=O) groups is 1. The molecule has 3 rings (SSSR count). The highest BCUT2D eigenvalue weighted by atomic mass is 35.5. The molecule has 0 bridgehead atoms. The van der Waals surface area contributed by atoms with Crippen LogP contribution >= 0.6 is 11.6 Å². The molecule has 120 valence electrons. The zero-order valence-corrected chi connectivity index (χ0v) is 13.3. The van der Waals surface area contributed by atoms with Gasteiger partial charge in [0.1, 0.15) is 11.5 Å². The average Bonchev–Trinajstić information content (AvgIpc) is 2.95. The van der Waals surface area contributed by atoms with Crippen LogP contribution in [0.4, 0.5) is 0 Å².